The van der Waals surface area contributed by atoms with E-state index in [9.17, 15) is 0 Å². The van der Waals surface area contributed by atoms with Gasteiger partial charge < -0.3 is 10.6 Å². The van der Waals surface area contributed by atoms with Gasteiger partial charge in [0, 0.05) is 19.7 Å². The van der Waals surface area contributed by atoms with E-state index in [0.29, 0.717) is 6.04 Å². The molecule has 0 unspecified atom stereocenters. The number of nitrogens with zero attached hydrogens (tertiary/aromatic N) is 2. The Bertz CT molecular complexity index is 465. The van der Waals surface area contributed by atoms with Crippen molar-refractivity contribution in [1.82, 2.24) is 15.1 Å². The minimum absolute atomic E-state index is 0.660. The number of rotatable bonds is 4. The third-order valence-corrected chi connectivity index (χ3v) is 5.89. The van der Waals surface area contributed by atoms with Gasteiger partial charge in [-0.25, -0.2) is 0 Å². The molecule has 0 spiro atoms. The van der Waals surface area contributed by atoms with E-state index >= 15 is 0 Å². The van der Waals surface area contributed by atoms with Gasteiger partial charge in [0.15, 0.2) is 0 Å². The summed E-state index contributed by atoms with van der Waals surface area (Å²) < 4.78 is 2.37. The molecule has 1 aromatic rings. The predicted octanol–water partition coefficient (Wildman–Crippen LogP) is 2.64. The Morgan fingerprint density at radius 2 is 1.75 bits per heavy atom. The maximum absolute atomic E-state index is 4.86. The molecule has 0 saturated heterocycles. The molecule has 4 aliphatic carbocycles. The van der Waals surface area contributed by atoms with Crippen molar-refractivity contribution in [2.75, 3.05) is 19.4 Å². The zero-order valence-corrected chi connectivity index (χ0v) is 12.6. The Balaban J connectivity index is 1.68. The van der Waals surface area contributed by atoms with Crippen LogP contribution >= 0.6 is 0 Å². The SMILES string of the molecule is CNCc1cc(NC)nn1C1C2CC3CC(C2)CC1C3. The smallest absolute Gasteiger partial charge is 0.148 e. The molecule has 4 bridgehead atoms. The number of anilines is 1. The summed E-state index contributed by atoms with van der Waals surface area (Å²) in [5, 5.41) is 11.4. The van der Waals surface area contributed by atoms with Gasteiger partial charge in [-0.1, -0.05) is 0 Å². The van der Waals surface area contributed by atoms with Gasteiger partial charge in [0.2, 0.25) is 0 Å². The van der Waals surface area contributed by atoms with Gasteiger partial charge in [-0.05, 0) is 62.8 Å². The van der Waals surface area contributed by atoms with Crippen molar-refractivity contribution in [2.24, 2.45) is 23.7 Å². The molecule has 1 heterocycles. The van der Waals surface area contributed by atoms with Crippen LogP contribution in [0.2, 0.25) is 0 Å². The molecule has 0 aromatic carbocycles. The van der Waals surface area contributed by atoms with Crippen LogP contribution in [0.4, 0.5) is 5.82 Å². The summed E-state index contributed by atoms with van der Waals surface area (Å²) in [7, 11) is 3.99. The van der Waals surface area contributed by atoms with E-state index in [1.807, 2.05) is 14.1 Å². The molecule has 20 heavy (non-hydrogen) atoms. The topological polar surface area (TPSA) is 41.9 Å². The first-order valence-corrected chi connectivity index (χ1v) is 8.19. The molecule has 0 atom stereocenters. The van der Waals surface area contributed by atoms with Gasteiger partial charge in [0.1, 0.15) is 5.82 Å². The maximum Gasteiger partial charge on any atom is 0.148 e. The zero-order valence-electron chi connectivity index (χ0n) is 12.6. The second-order valence-corrected chi connectivity index (χ2v) is 7.17. The van der Waals surface area contributed by atoms with Crippen LogP contribution < -0.4 is 10.6 Å². The molecule has 2 N–H and O–H groups in total. The van der Waals surface area contributed by atoms with Crippen molar-refractivity contribution < 1.29 is 0 Å². The van der Waals surface area contributed by atoms with Crippen LogP contribution in [0.25, 0.3) is 0 Å². The molecule has 1 aromatic heterocycles. The molecule has 4 fully saturated rings. The second-order valence-electron chi connectivity index (χ2n) is 7.17. The van der Waals surface area contributed by atoms with E-state index in [0.717, 1.165) is 36.0 Å². The number of hydrogen-bond donors (Lipinski definition) is 2. The lowest BCUT2D eigenvalue weighted by Gasteiger charge is -2.54. The minimum atomic E-state index is 0.660. The van der Waals surface area contributed by atoms with Crippen LogP contribution in [0.5, 0.6) is 0 Å². The molecule has 4 saturated carbocycles. The highest BCUT2D eigenvalue weighted by atomic mass is 15.3. The monoisotopic (exact) mass is 274 g/mol. The summed E-state index contributed by atoms with van der Waals surface area (Å²) in [6.07, 6.45) is 7.32. The number of aromatic nitrogens is 2. The van der Waals surface area contributed by atoms with Crippen LogP contribution in [-0.2, 0) is 6.54 Å². The van der Waals surface area contributed by atoms with Crippen molar-refractivity contribution in [2.45, 2.75) is 44.7 Å². The Morgan fingerprint density at radius 1 is 1.10 bits per heavy atom. The first kappa shape index (κ1) is 12.7. The zero-order chi connectivity index (χ0) is 13.7. The van der Waals surface area contributed by atoms with Gasteiger partial charge in [0.25, 0.3) is 0 Å². The minimum Gasteiger partial charge on any atom is -0.372 e. The van der Waals surface area contributed by atoms with Gasteiger partial charge in [-0.3, -0.25) is 4.68 Å². The van der Waals surface area contributed by atoms with Gasteiger partial charge in [-0.2, -0.15) is 5.10 Å². The van der Waals surface area contributed by atoms with Crippen LogP contribution in [0.15, 0.2) is 6.07 Å². The largest absolute Gasteiger partial charge is 0.372 e. The van der Waals surface area contributed by atoms with E-state index < -0.39 is 0 Å². The van der Waals surface area contributed by atoms with E-state index in [1.54, 1.807) is 0 Å². The lowest BCUT2D eigenvalue weighted by molar-refractivity contribution is -0.0346. The highest BCUT2D eigenvalue weighted by Gasteiger charge is 2.49. The summed E-state index contributed by atoms with van der Waals surface area (Å²) in [5.74, 6) is 4.84. The van der Waals surface area contributed by atoms with E-state index in [4.69, 9.17) is 5.10 Å². The fourth-order valence-electron chi connectivity index (χ4n) is 5.42. The van der Waals surface area contributed by atoms with Gasteiger partial charge in [-0.15, -0.1) is 0 Å². The van der Waals surface area contributed by atoms with Crippen LogP contribution in [-0.4, -0.2) is 23.9 Å². The number of hydrogen-bond acceptors (Lipinski definition) is 3. The first-order valence-electron chi connectivity index (χ1n) is 8.19. The fraction of sp³-hybridized carbons (Fsp3) is 0.812. The van der Waals surface area contributed by atoms with E-state index in [2.05, 4.69) is 21.4 Å². The summed E-state index contributed by atoms with van der Waals surface area (Å²) in [6, 6.07) is 2.87. The lowest BCUT2D eigenvalue weighted by atomic mass is 9.54. The third-order valence-electron chi connectivity index (χ3n) is 5.89. The van der Waals surface area contributed by atoms with Crippen molar-refractivity contribution in [3.05, 3.63) is 11.8 Å². The average molecular weight is 274 g/mol. The van der Waals surface area contributed by atoms with Gasteiger partial charge >= 0.3 is 0 Å². The Hall–Kier alpha value is -1.03. The third kappa shape index (κ3) is 1.88. The summed E-state index contributed by atoms with van der Waals surface area (Å²) in [5.41, 5.74) is 1.34. The standard InChI is InChI=1S/C16H26N4/c1-17-9-14-8-15(18-2)19-20(14)16-12-4-10-3-11(6-12)7-13(16)5-10/h8,10-13,16-17H,3-7,9H2,1-2H3,(H,18,19). The van der Waals surface area contributed by atoms with Crippen molar-refractivity contribution in [3.8, 4) is 0 Å². The quantitative estimate of drug-likeness (QED) is 0.887. The van der Waals surface area contributed by atoms with Crippen LogP contribution in [0.3, 0.4) is 0 Å². The summed E-state index contributed by atoms with van der Waals surface area (Å²) in [6.45, 7) is 0.914. The highest BCUT2D eigenvalue weighted by Crippen LogP contribution is 2.58. The fourth-order valence-corrected chi connectivity index (χ4v) is 5.42. The van der Waals surface area contributed by atoms with Crippen molar-refractivity contribution in [3.63, 3.8) is 0 Å². The molecule has 0 aliphatic heterocycles. The predicted molar refractivity (Wildman–Crippen MR) is 80.6 cm³/mol. The molecular formula is C16H26N4. The molecule has 110 valence electrons. The molecule has 5 rings (SSSR count). The number of nitrogens with one attached hydrogen (secondary N) is 2. The molecule has 4 nitrogen and oxygen atoms in total. The second kappa shape index (κ2) is 4.76. The average Bonchev–Trinajstić information content (AvgIpc) is 2.81. The van der Waals surface area contributed by atoms with E-state index in [1.165, 1.54) is 37.8 Å². The summed E-state index contributed by atoms with van der Waals surface area (Å²) in [4.78, 5) is 0. The molecular weight excluding hydrogens is 248 g/mol. The van der Waals surface area contributed by atoms with Crippen LogP contribution in [0, 0.1) is 23.7 Å². The van der Waals surface area contributed by atoms with Crippen molar-refractivity contribution in [1.29, 1.82) is 0 Å². The normalized spacial score (nSPS) is 38.4. The highest BCUT2D eigenvalue weighted by molar-refractivity contribution is 5.35. The van der Waals surface area contributed by atoms with Crippen molar-refractivity contribution >= 4 is 5.82 Å². The van der Waals surface area contributed by atoms with E-state index in [-0.39, 0.29) is 0 Å². The van der Waals surface area contributed by atoms with Crippen LogP contribution in [0.1, 0.15) is 43.8 Å². The molecule has 4 aliphatic rings. The Labute approximate surface area is 121 Å². The maximum atomic E-state index is 4.86. The Morgan fingerprint density at radius 3 is 2.30 bits per heavy atom. The molecule has 0 radical (unpaired) electrons. The first-order chi connectivity index (χ1) is 9.78. The molecule has 0 amide bonds. The summed E-state index contributed by atoms with van der Waals surface area (Å²) >= 11 is 0. The lowest BCUT2D eigenvalue weighted by Crippen LogP contribution is -2.46. The molecule has 4 heteroatoms. The van der Waals surface area contributed by atoms with Gasteiger partial charge in [0.05, 0.1) is 11.7 Å². The Kier molecular flexibility index (Phi) is 3.02.